The van der Waals surface area contributed by atoms with E-state index >= 15 is 0 Å². The van der Waals surface area contributed by atoms with Crippen molar-refractivity contribution in [3.63, 3.8) is 0 Å². The van der Waals surface area contributed by atoms with Crippen molar-refractivity contribution in [3.05, 3.63) is 27.7 Å². The fraction of sp³-hybridized carbons (Fsp3) is 0.706. The Hall–Kier alpha value is -1.33. The van der Waals surface area contributed by atoms with Gasteiger partial charge in [-0.25, -0.2) is 0 Å². The van der Waals surface area contributed by atoms with Crippen LogP contribution in [0.3, 0.4) is 0 Å². The summed E-state index contributed by atoms with van der Waals surface area (Å²) in [6.07, 6.45) is 0. The highest BCUT2D eigenvalue weighted by atomic mass is 16.3. The molecule has 2 rings (SSSR count). The number of likely N-dealkylation sites (N-methyl/N-ethyl adjacent to an activating group) is 1. The molecule has 2 heterocycles. The molecule has 0 aliphatic carbocycles. The second-order valence-electron chi connectivity index (χ2n) is 6.66. The van der Waals surface area contributed by atoms with Crippen LogP contribution in [0.25, 0.3) is 0 Å². The minimum atomic E-state index is -0.264. The number of piperazine rings is 1. The maximum atomic E-state index is 11.9. The van der Waals surface area contributed by atoms with Crippen molar-refractivity contribution in [1.82, 2.24) is 14.4 Å². The van der Waals surface area contributed by atoms with Crippen LogP contribution in [0, 0.1) is 12.8 Å². The Balaban J connectivity index is 2.23. The van der Waals surface area contributed by atoms with E-state index in [1.165, 1.54) is 6.07 Å². The molecule has 5 heteroatoms. The molecule has 0 unspecified atom stereocenters. The van der Waals surface area contributed by atoms with Gasteiger partial charge in [0, 0.05) is 51.0 Å². The number of rotatable bonds is 5. The van der Waals surface area contributed by atoms with Gasteiger partial charge in [0.1, 0.15) is 0 Å². The molecule has 0 atom stereocenters. The first-order valence-electron chi connectivity index (χ1n) is 8.29. The van der Waals surface area contributed by atoms with Crippen LogP contribution < -0.4 is 5.43 Å². The number of hydrogen-bond donors (Lipinski definition) is 1. The van der Waals surface area contributed by atoms with Crippen molar-refractivity contribution >= 4 is 0 Å². The standard InChI is InChI=1S/C17H29N3O2/c1-5-18-6-8-19(9-7-18)12-15-17(22)16(21)10-14(4)20(15)11-13(2)3/h10,13,22H,5-9,11-12H2,1-4H3. The van der Waals surface area contributed by atoms with Gasteiger partial charge in [-0.1, -0.05) is 20.8 Å². The second-order valence-corrected chi connectivity index (χ2v) is 6.66. The second kappa shape index (κ2) is 7.29. The van der Waals surface area contributed by atoms with Crippen LogP contribution in [-0.2, 0) is 13.1 Å². The lowest BCUT2D eigenvalue weighted by atomic mass is 10.1. The van der Waals surface area contributed by atoms with E-state index in [1.807, 2.05) is 6.92 Å². The summed E-state index contributed by atoms with van der Waals surface area (Å²) in [5.41, 5.74) is 1.43. The van der Waals surface area contributed by atoms with Crippen LogP contribution in [0.4, 0.5) is 0 Å². The van der Waals surface area contributed by atoms with Crippen LogP contribution in [0.2, 0.25) is 0 Å². The number of aromatic hydroxyl groups is 1. The van der Waals surface area contributed by atoms with Crippen LogP contribution in [0.15, 0.2) is 10.9 Å². The van der Waals surface area contributed by atoms with Gasteiger partial charge in [-0.05, 0) is 19.4 Å². The Kier molecular flexibility index (Phi) is 5.64. The molecule has 1 N–H and O–H groups in total. The summed E-state index contributed by atoms with van der Waals surface area (Å²) in [6.45, 7) is 15.1. The van der Waals surface area contributed by atoms with Gasteiger partial charge in [-0.15, -0.1) is 0 Å². The zero-order chi connectivity index (χ0) is 16.3. The molecule has 1 fully saturated rings. The van der Waals surface area contributed by atoms with Gasteiger partial charge in [-0.3, -0.25) is 9.69 Å². The van der Waals surface area contributed by atoms with E-state index in [1.54, 1.807) is 0 Å². The molecule has 124 valence electrons. The summed E-state index contributed by atoms with van der Waals surface area (Å²) in [5.74, 6) is 0.389. The smallest absolute Gasteiger partial charge is 0.223 e. The van der Waals surface area contributed by atoms with Gasteiger partial charge >= 0.3 is 0 Å². The zero-order valence-electron chi connectivity index (χ0n) is 14.3. The number of pyridine rings is 1. The third kappa shape index (κ3) is 3.90. The SMILES string of the molecule is CCN1CCN(Cc2c(O)c(=O)cc(C)n2CC(C)C)CC1. The number of aromatic nitrogens is 1. The molecule has 0 saturated carbocycles. The number of aryl methyl sites for hydroxylation is 1. The molecule has 0 amide bonds. The molecule has 0 aromatic carbocycles. The summed E-state index contributed by atoms with van der Waals surface area (Å²) >= 11 is 0. The summed E-state index contributed by atoms with van der Waals surface area (Å²) in [7, 11) is 0. The normalized spacial score (nSPS) is 17.3. The Morgan fingerprint density at radius 1 is 1.18 bits per heavy atom. The van der Waals surface area contributed by atoms with E-state index in [0.29, 0.717) is 12.5 Å². The highest BCUT2D eigenvalue weighted by Gasteiger charge is 2.20. The predicted molar refractivity (Wildman–Crippen MR) is 89.3 cm³/mol. The molecular formula is C17H29N3O2. The monoisotopic (exact) mass is 307 g/mol. The third-order valence-electron chi connectivity index (χ3n) is 4.43. The molecule has 0 radical (unpaired) electrons. The maximum absolute atomic E-state index is 11.9. The molecule has 1 aliphatic heterocycles. The van der Waals surface area contributed by atoms with E-state index in [9.17, 15) is 9.90 Å². The van der Waals surface area contributed by atoms with Crippen LogP contribution in [-0.4, -0.2) is 52.2 Å². The molecule has 1 aromatic heterocycles. The van der Waals surface area contributed by atoms with Crippen molar-refractivity contribution in [3.8, 4) is 5.75 Å². The number of nitrogens with zero attached hydrogens (tertiary/aromatic N) is 3. The summed E-state index contributed by atoms with van der Waals surface area (Å²) < 4.78 is 2.10. The molecule has 1 saturated heterocycles. The molecule has 0 bridgehead atoms. The predicted octanol–water partition coefficient (Wildman–Crippen LogP) is 1.66. The zero-order valence-corrected chi connectivity index (χ0v) is 14.3. The lowest BCUT2D eigenvalue weighted by molar-refractivity contribution is 0.128. The molecular weight excluding hydrogens is 278 g/mol. The largest absolute Gasteiger partial charge is 0.503 e. The van der Waals surface area contributed by atoms with Gasteiger partial charge in [0.25, 0.3) is 0 Å². The van der Waals surface area contributed by atoms with Gasteiger partial charge in [0.15, 0.2) is 5.75 Å². The van der Waals surface area contributed by atoms with E-state index < -0.39 is 0 Å². The van der Waals surface area contributed by atoms with Crippen molar-refractivity contribution in [2.24, 2.45) is 5.92 Å². The third-order valence-corrected chi connectivity index (χ3v) is 4.43. The first-order valence-corrected chi connectivity index (χ1v) is 8.29. The highest BCUT2D eigenvalue weighted by Crippen LogP contribution is 2.19. The van der Waals surface area contributed by atoms with E-state index in [0.717, 1.165) is 50.7 Å². The summed E-state index contributed by atoms with van der Waals surface area (Å²) in [6, 6.07) is 1.54. The average Bonchev–Trinajstić information content (AvgIpc) is 2.48. The quantitative estimate of drug-likeness (QED) is 0.899. The topological polar surface area (TPSA) is 48.7 Å². The fourth-order valence-corrected chi connectivity index (χ4v) is 3.07. The van der Waals surface area contributed by atoms with E-state index in [-0.39, 0.29) is 11.2 Å². The Labute approximate surface area is 133 Å². The Bertz CT molecular complexity index is 558. The minimum absolute atomic E-state index is 0.0795. The molecule has 22 heavy (non-hydrogen) atoms. The Morgan fingerprint density at radius 3 is 2.32 bits per heavy atom. The molecule has 0 spiro atoms. The van der Waals surface area contributed by atoms with E-state index in [4.69, 9.17) is 0 Å². The van der Waals surface area contributed by atoms with Gasteiger partial charge in [0.2, 0.25) is 5.43 Å². The lowest BCUT2D eigenvalue weighted by Crippen LogP contribution is -2.46. The van der Waals surface area contributed by atoms with Crippen molar-refractivity contribution in [2.75, 3.05) is 32.7 Å². The fourth-order valence-electron chi connectivity index (χ4n) is 3.07. The van der Waals surface area contributed by atoms with Crippen molar-refractivity contribution in [2.45, 2.75) is 40.8 Å². The summed E-state index contributed by atoms with van der Waals surface area (Å²) in [4.78, 5) is 16.7. The highest BCUT2D eigenvalue weighted by molar-refractivity contribution is 5.30. The van der Waals surface area contributed by atoms with Crippen LogP contribution >= 0.6 is 0 Å². The van der Waals surface area contributed by atoms with Crippen LogP contribution in [0.5, 0.6) is 5.75 Å². The molecule has 1 aromatic rings. The number of hydrogen-bond acceptors (Lipinski definition) is 4. The van der Waals surface area contributed by atoms with Crippen molar-refractivity contribution in [1.29, 1.82) is 0 Å². The van der Waals surface area contributed by atoms with Crippen LogP contribution in [0.1, 0.15) is 32.2 Å². The van der Waals surface area contributed by atoms with Gasteiger partial charge < -0.3 is 14.6 Å². The van der Waals surface area contributed by atoms with Gasteiger partial charge in [0.05, 0.1) is 5.69 Å². The Morgan fingerprint density at radius 2 is 1.77 bits per heavy atom. The average molecular weight is 307 g/mol. The molecule has 1 aliphatic rings. The van der Waals surface area contributed by atoms with E-state index in [2.05, 4.69) is 35.1 Å². The van der Waals surface area contributed by atoms with Crippen molar-refractivity contribution < 1.29 is 5.11 Å². The maximum Gasteiger partial charge on any atom is 0.223 e. The minimum Gasteiger partial charge on any atom is -0.503 e. The first kappa shape index (κ1) is 17.0. The summed E-state index contributed by atoms with van der Waals surface area (Å²) in [5, 5.41) is 10.3. The van der Waals surface area contributed by atoms with Gasteiger partial charge in [-0.2, -0.15) is 0 Å². The lowest BCUT2D eigenvalue weighted by Gasteiger charge is -2.34. The first-order chi connectivity index (χ1) is 10.4. The molecule has 5 nitrogen and oxygen atoms in total.